The average Bonchev–Trinajstić information content (AvgIpc) is 2.56. The molecule has 1 heterocycles. The topological polar surface area (TPSA) is 63.2 Å². The summed E-state index contributed by atoms with van der Waals surface area (Å²) in [5, 5.41) is 0.377. The van der Waals surface area contributed by atoms with E-state index in [1.807, 2.05) is 0 Å². The zero-order chi connectivity index (χ0) is 13.9. The first kappa shape index (κ1) is 16.6. The van der Waals surface area contributed by atoms with Crippen molar-refractivity contribution in [1.29, 1.82) is 0 Å². The number of halogens is 2. The minimum absolute atomic E-state index is 0.170. The van der Waals surface area contributed by atoms with Crippen LogP contribution in [0.2, 0.25) is 5.02 Å². The molecule has 2 unspecified atom stereocenters. The normalized spacial score (nSPS) is 15.6. The second kappa shape index (κ2) is 6.81. The number of hydrogen-bond donors (Lipinski definition) is 1. The van der Waals surface area contributed by atoms with Crippen molar-refractivity contribution in [3.05, 3.63) is 14.9 Å². The SMILES string of the molecule is CC(CCS(C)=O)NS(=O)(=O)c1cc(Cl)c(Br)s1. The van der Waals surface area contributed by atoms with E-state index in [2.05, 4.69) is 20.7 Å². The molecule has 0 bridgehead atoms. The van der Waals surface area contributed by atoms with Crippen LogP contribution < -0.4 is 4.72 Å². The summed E-state index contributed by atoms with van der Waals surface area (Å²) < 4.78 is 38.2. The van der Waals surface area contributed by atoms with Crippen molar-refractivity contribution >= 4 is 59.7 Å². The molecular weight excluding hydrogens is 382 g/mol. The first-order valence-corrected chi connectivity index (χ1v) is 10.2. The van der Waals surface area contributed by atoms with Crippen LogP contribution in [0.3, 0.4) is 0 Å². The fourth-order valence-corrected chi connectivity index (χ4v) is 5.56. The van der Waals surface area contributed by atoms with Gasteiger partial charge >= 0.3 is 0 Å². The van der Waals surface area contributed by atoms with E-state index in [-0.39, 0.29) is 10.3 Å². The minimum atomic E-state index is -3.55. The van der Waals surface area contributed by atoms with Crippen molar-refractivity contribution in [3.63, 3.8) is 0 Å². The maximum atomic E-state index is 12.0. The Balaban J connectivity index is 2.73. The van der Waals surface area contributed by atoms with Gasteiger partial charge in [0.25, 0.3) is 0 Å². The van der Waals surface area contributed by atoms with Crippen molar-refractivity contribution in [2.75, 3.05) is 12.0 Å². The highest BCUT2D eigenvalue weighted by atomic mass is 79.9. The van der Waals surface area contributed by atoms with Gasteiger partial charge in [-0.3, -0.25) is 4.21 Å². The third-order valence-corrected chi connectivity index (χ3v) is 7.43. The molecule has 0 radical (unpaired) electrons. The molecule has 104 valence electrons. The van der Waals surface area contributed by atoms with Gasteiger partial charge in [-0.15, -0.1) is 11.3 Å². The molecule has 0 aliphatic rings. The van der Waals surface area contributed by atoms with Gasteiger partial charge in [0.15, 0.2) is 0 Å². The average molecular weight is 395 g/mol. The molecule has 18 heavy (non-hydrogen) atoms. The van der Waals surface area contributed by atoms with Crippen molar-refractivity contribution in [1.82, 2.24) is 4.72 Å². The summed E-state index contributed by atoms with van der Waals surface area (Å²) in [5.41, 5.74) is 0. The third kappa shape index (κ3) is 4.90. The van der Waals surface area contributed by atoms with Crippen LogP contribution in [-0.4, -0.2) is 30.7 Å². The van der Waals surface area contributed by atoms with Gasteiger partial charge in [-0.2, -0.15) is 0 Å². The third-order valence-electron chi connectivity index (χ3n) is 2.08. The zero-order valence-corrected chi connectivity index (χ0v) is 14.6. The Morgan fingerprint density at radius 3 is 2.67 bits per heavy atom. The summed E-state index contributed by atoms with van der Waals surface area (Å²) >= 11 is 10.0. The zero-order valence-electron chi connectivity index (χ0n) is 9.77. The first-order chi connectivity index (χ1) is 8.22. The van der Waals surface area contributed by atoms with Crippen LogP contribution in [0, 0.1) is 0 Å². The first-order valence-electron chi connectivity index (χ1n) is 4.99. The molecule has 4 nitrogen and oxygen atoms in total. The van der Waals surface area contributed by atoms with E-state index in [1.165, 1.54) is 6.07 Å². The van der Waals surface area contributed by atoms with Crippen LogP contribution in [0.4, 0.5) is 0 Å². The van der Waals surface area contributed by atoms with Crippen molar-refractivity contribution in [2.45, 2.75) is 23.6 Å². The molecule has 0 aromatic carbocycles. The molecule has 0 saturated heterocycles. The monoisotopic (exact) mass is 393 g/mol. The Morgan fingerprint density at radius 2 is 2.22 bits per heavy atom. The largest absolute Gasteiger partial charge is 0.260 e. The van der Waals surface area contributed by atoms with Crippen LogP contribution in [0.15, 0.2) is 14.1 Å². The molecule has 1 aromatic rings. The maximum absolute atomic E-state index is 12.0. The van der Waals surface area contributed by atoms with Gasteiger partial charge < -0.3 is 0 Å². The fourth-order valence-electron chi connectivity index (χ4n) is 1.18. The Morgan fingerprint density at radius 1 is 1.61 bits per heavy atom. The Kier molecular flexibility index (Phi) is 6.27. The van der Waals surface area contributed by atoms with E-state index in [1.54, 1.807) is 13.2 Å². The summed E-state index contributed by atoms with van der Waals surface area (Å²) in [6.45, 7) is 1.74. The van der Waals surface area contributed by atoms with Gasteiger partial charge in [0.05, 0.1) is 8.81 Å². The molecular formula is C9H13BrClNO3S3. The number of sulfonamides is 1. The van der Waals surface area contributed by atoms with E-state index < -0.39 is 20.8 Å². The van der Waals surface area contributed by atoms with Crippen LogP contribution in [0.5, 0.6) is 0 Å². The summed E-state index contributed by atoms with van der Waals surface area (Å²) in [6, 6.07) is 1.14. The summed E-state index contributed by atoms with van der Waals surface area (Å²) in [5.74, 6) is 0.471. The highest BCUT2D eigenvalue weighted by Gasteiger charge is 2.21. The van der Waals surface area contributed by atoms with Gasteiger partial charge in [-0.05, 0) is 35.3 Å². The predicted octanol–water partition coefficient (Wildman–Crippen LogP) is 2.60. The smallest absolute Gasteiger partial charge is 0.250 e. The second-order valence-corrected chi connectivity index (χ2v) is 10.0. The molecule has 0 aliphatic heterocycles. The van der Waals surface area contributed by atoms with Crippen molar-refractivity contribution in [2.24, 2.45) is 0 Å². The van der Waals surface area contributed by atoms with E-state index in [9.17, 15) is 12.6 Å². The Bertz CT molecular complexity index is 524. The second-order valence-electron chi connectivity index (χ2n) is 3.78. The Hall–Kier alpha value is 0.530. The van der Waals surface area contributed by atoms with Crippen molar-refractivity contribution in [3.8, 4) is 0 Å². The molecule has 0 spiro atoms. The molecule has 9 heteroatoms. The molecule has 2 atom stereocenters. The summed E-state index contributed by atoms with van der Waals surface area (Å²) in [4.78, 5) is 0. The van der Waals surface area contributed by atoms with Gasteiger partial charge in [0.2, 0.25) is 10.0 Å². The molecule has 1 N–H and O–H groups in total. The molecule has 0 aliphatic carbocycles. The molecule has 0 saturated carbocycles. The number of thiophene rings is 1. The molecule has 0 amide bonds. The minimum Gasteiger partial charge on any atom is -0.260 e. The number of hydrogen-bond acceptors (Lipinski definition) is 4. The molecule has 0 fully saturated rings. The van der Waals surface area contributed by atoms with E-state index >= 15 is 0 Å². The molecule has 1 aromatic heterocycles. The lowest BCUT2D eigenvalue weighted by Gasteiger charge is -2.12. The maximum Gasteiger partial charge on any atom is 0.250 e. The fraction of sp³-hybridized carbons (Fsp3) is 0.556. The van der Waals surface area contributed by atoms with E-state index in [0.717, 1.165) is 11.3 Å². The van der Waals surface area contributed by atoms with Gasteiger partial charge in [0, 0.05) is 28.9 Å². The van der Waals surface area contributed by atoms with Crippen LogP contribution in [-0.2, 0) is 20.8 Å². The van der Waals surface area contributed by atoms with E-state index in [4.69, 9.17) is 11.6 Å². The van der Waals surface area contributed by atoms with E-state index in [0.29, 0.717) is 21.0 Å². The van der Waals surface area contributed by atoms with Crippen LogP contribution in [0.25, 0.3) is 0 Å². The van der Waals surface area contributed by atoms with Crippen molar-refractivity contribution < 1.29 is 12.6 Å². The number of nitrogens with one attached hydrogen (secondary N) is 1. The summed E-state index contributed by atoms with van der Waals surface area (Å²) in [6.07, 6.45) is 2.12. The lowest BCUT2D eigenvalue weighted by Crippen LogP contribution is -2.33. The molecule has 1 rings (SSSR count). The highest BCUT2D eigenvalue weighted by Crippen LogP contribution is 2.34. The lowest BCUT2D eigenvalue weighted by atomic mass is 10.3. The van der Waals surface area contributed by atoms with Crippen LogP contribution in [0.1, 0.15) is 13.3 Å². The highest BCUT2D eigenvalue weighted by molar-refractivity contribution is 9.11. The van der Waals surface area contributed by atoms with Gasteiger partial charge in [-0.25, -0.2) is 13.1 Å². The lowest BCUT2D eigenvalue weighted by molar-refractivity contribution is 0.557. The summed E-state index contributed by atoms with van der Waals surface area (Å²) in [7, 11) is -4.47. The predicted molar refractivity (Wildman–Crippen MR) is 80.4 cm³/mol. The van der Waals surface area contributed by atoms with Gasteiger partial charge in [-0.1, -0.05) is 11.6 Å². The Labute approximate surface area is 127 Å². The standard InChI is InChI=1S/C9H13BrClNO3S3/c1-6(3-4-17(2)13)12-18(14,15)8-5-7(11)9(10)16-8/h5-6,12H,3-4H2,1-2H3. The van der Waals surface area contributed by atoms with Crippen LogP contribution >= 0.6 is 38.9 Å². The number of rotatable bonds is 6. The van der Waals surface area contributed by atoms with Gasteiger partial charge in [0.1, 0.15) is 4.21 Å². The quantitative estimate of drug-likeness (QED) is 0.806.